The van der Waals surface area contributed by atoms with E-state index in [9.17, 15) is 14.3 Å². The molecule has 128 valence electrons. The summed E-state index contributed by atoms with van der Waals surface area (Å²) in [5.74, 6) is 0.277. The highest BCUT2D eigenvalue weighted by Crippen LogP contribution is 2.35. The maximum absolute atomic E-state index is 13.4. The van der Waals surface area contributed by atoms with Gasteiger partial charge in [-0.25, -0.2) is 13.9 Å². The van der Waals surface area contributed by atoms with Gasteiger partial charge in [-0.1, -0.05) is 0 Å². The Balaban J connectivity index is 1.69. The van der Waals surface area contributed by atoms with E-state index in [1.807, 2.05) is 4.90 Å². The summed E-state index contributed by atoms with van der Waals surface area (Å²) < 4.78 is 14.9. The Morgan fingerprint density at radius 3 is 2.96 bits per heavy atom. The number of aliphatic hydroxyl groups excluding tert-OH is 1. The molecule has 3 heterocycles. The predicted molar refractivity (Wildman–Crippen MR) is 85.6 cm³/mol. The standard InChI is InChI=1S/C15H19FN6O2/c16-9-1-5-21(7-9)10-2-6-22-13(18-10)11(12(17)20-22)14(24)19-15(8-23)3-4-15/h2,6,9,23H,1,3-5,7-8H2,(H2,17,20)(H,19,24). The zero-order valence-electron chi connectivity index (χ0n) is 13.1. The summed E-state index contributed by atoms with van der Waals surface area (Å²) in [5.41, 5.74) is 5.86. The van der Waals surface area contributed by atoms with Crippen LogP contribution >= 0.6 is 0 Å². The lowest BCUT2D eigenvalue weighted by molar-refractivity contribution is 0.0909. The summed E-state index contributed by atoms with van der Waals surface area (Å²) in [6, 6.07) is 1.73. The lowest BCUT2D eigenvalue weighted by Crippen LogP contribution is -2.39. The topological polar surface area (TPSA) is 109 Å². The first-order chi connectivity index (χ1) is 11.5. The largest absolute Gasteiger partial charge is 0.394 e. The quantitative estimate of drug-likeness (QED) is 0.732. The molecule has 0 radical (unpaired) electrons. The predicted octanol–water partition coefficient (Wildman–Crippen LogP) is 0.114. The average Bonchev–Trinajstić information content (AvgIpc) is 3.05. The molecular formula is C15H19FN6O2. The Morgan fingerprint density at radius 1 is 1.54 bits per heavy atom. The van der Waals surface area contributed by atoms with Crippen molar-refractivity contribution in [1.29, 1.82) is 0 Å². The molecule has 0 bridgehead atoms. The Hall–Kier alpha value is -2.42. The van der Waals surface area contributed by atoms with Gasteiger partial charge in [-0.15, -0.1) is 5.10 Å². The molecule has 1 unspecified atom stereocenters. The van der Waals surface area contributed by atoms with Gasteiger partial charge in [-0.05, 0) is 25.3 Å². The molecule has 4 rings (SSSR count). The number of hydrogen-bond donors (Lipinski definition) is 3. The van der Waals surface area contributed by atoms with Gasteiger partial charge in [-0.2, -0.15) is 0 Å². The lowest BCUT2D eigenvalue weighted by atomic mass is 10.2. The van der Waals surface area contributed by atoms with E-state index in [4.69, 9.17) is 5.73 Å². The van der Waals surface area contributed by atoms with Crippen LogP contribution in [0.15, 0.2) is 12.3 Å². The highest BCUT2D eigenvalue weighted by molar-refractivity contribution is 6.04. The number of hydrogen-bond acceptors (Lipinski definition) is 6. The molecule has 1 aliphatic carbocycles. The van der Waals surface area contributed by atoms with Gasteiger partial charge in [0.05, 0.1) is 18.7 Å². The summed E-state index contributed by atoms with van der Waals surface area (Å²) in [7, 11) is 0. The van der Waals surface area contributed by atoms with Crippen LogP contribution in [0.2, 0.25) is 0 Å². The number of amides is 1. The van der Waals surface area contributed by atoms with Crippen LogP contribution < -0.4 is 16.0 Å². The smallest absolute Gasteiger partial charge is 0.259 e. The van der Waals surface area contributed by atoms with E-state index in [0.29, 0.717) is 31.0 Å². The number of nitrogens with one attached hydrogen (secondary N) is 1. The number of carbonyl (C=O) groups is 1. The number of fused-ring (bicyclic) bond motifs is 1. The lowest BCUT2D eigenvalue weighted by Gasteiger charge is -2.16. The Labute approximate surface area is 137 Å². The van der Waals surface area contributed by atoms with Gasteiger partial charge in [0.15, 0.2) is 11.5 Å². The van der Waals surface area contributed by atoms with Crippen LogP contribution in [0, 0.1) is 0 Å². The third kappa shape index (κ3) is 2.44. The van der Waals surface area contributed by atoms with Crippen molar-refractivity contribution in [2.24, 2.45) is 0 Å². The van der Waals surface area contributed by atoms with Gasteiger partial charge in [0.25, 0.3) is 5.91 Å². The van der Waals surface area contributed by atoms with Crippen molar-refractivity contribution in [3.8, 4) is 0 Å². The molecule has 1 amide bonds. The molecule has 1 saturated heterocycles. The van der Waals surface area contributed by atoms with Crippen molar-refractivity contribution in [3.05, 3.63) is 17.8 Å². The maximum Gasteiger partial charge on any atom is 0.259 e. The third-order valence-electron chi connectivity index (χ3n) is 4.71. The van der Waals surface area contributed by atoms with Gasteiger partial charge in [0.1, 0.15) is 17.6 Å². The van der Waals surface area contributed by atoms with Gasteiger partial charge in [0.2, 0.25) is 0 Å². The number of carbonyl (C=O) groups excluding carboxylic acids is 1. The number of aliphatic hydroxyl groups is 1. The number of anilines is 2. The zero-order chi connectivity index (χ0) is 16.9. The van der Waals surface area contributed by atoms with Crippen molar-refractivity contribution in [2.45, 2.75) is 31.0 Å². The van der Waals surface area contributed by atoms with Crippen molar-refractivity contribution in [1.82, 2.24) is 19.9 Å². The highest BCUT2D eigenvalue weighted by atomic mass is 19.1. The summed E-state index contributed by atoms with van der Waals surface area (Å²) in [4.78, 5) is 18.9. The fourth-order valence-corrected chi connectivity index (χ4v) is 3.03. The van der Waals surface area contributed by atoms with Crippen LogP contribution in [-0.4, -0.2) is 57.0 Å². The summed E-state index contributed by atoms with van der Waals surface area (Å²) in [5, 5.41) is 16.3. The molecular weight excluding hydrogens is 315 g/mol. The molecule has 0 aromatic carbocycles. The summed E-state index contributed by atoms with van der Waals surface area (Å²) in [6.07, 6.45) is 2.74. The summed E-state index contributed by atoms with van der Waals surface area (Å²) in [6.45, 7) is 0.771. The number of nitrogens with zero attached hydrogens (tertiary/aromatic N) is 4. The average molecular weight is 334 g/mol. The SMILES string of the molecule is Nc1nn2ccc(N3CCC(F)C3)nc2c1C(=O)NC1(CO)CC1. The minimum Gasteiger partial charge on any atom is -0.394 e. The molecule has 8 nitrogen and oxygen atoms in total. The number of halogens is 1. The molecule has 9 heteroatoms. The highest BCUT2D eigenvalue weighted by Gasteiger charge is 2.44. The second-order valence-electron chi connectivity index (χ2n) is 6.54. The molecule has 2 aromatic heterocycles. The number of rotatable bonds is 4. The van der Waals surface area contributed by atoms with Gasteiger partial charge in [-0.3, -0.25) is 4.79 Å². The van der Waals surface area contributed by atoms with Crippen molar-refractivity contribution in [2.75, 3.05) is 30.3 Å². The molecule has 2 fully saturated rings. The molecule has 24 heavy (non-hydrogen) atoms. The van der Waals surface area contributed by atoms with E-state index in [2.05, 4.69) is 15.4 Å². The normalized spacial score (nSPS) is 22.1. The monoisotopic (exact) mass is 334 g/mol. The van der Waals surface area contributed by atoms with E-state index >= 15 is 0 Å². The molecule has 2 aromatic rings. The van der Waals surface area contributed by atoms with Gasteiger partial charge < -0.3 is 21.1 Å². The van der Waals surface area contributed by atoms with Crippen LogP contribution in [0.25, 0.3) is 5.65 Å². The van der Waals surface area contributed by atoms with Gasteiger partial charge in [0, 0.05) is 12.7 Å². The van der Waals surface area contributed by atoms with E-state index in [-0.39, 0.29) is 18.0 Å². The molecule has 1 saturated carbocycles. The fourth-order valence-electron chi connectivity index (χ4n) is 3.03. The van der Waals surface area contributed by atoms with Crippen molar-refractivity contribution in [3.63, 3.8) is 0 Å². The number of nitrogen functional groups attached to an aromatic ring is 1. The Bertz CT molecular complexity index is 803. The van der Waals surface area contributed by atoms with Crippen LogP contribution in [-0.2, 0) is 0 Å². The molecule has 1 atom stereocenters. The maximum atomic E-state index is 13.4. The van der Waals surface area contributed by atoms with Crippen LogP contribution in [0.3, 0.4) is 0 Å². The minimum atomic E-state index is -0.861. The zero-order valence-corrected chi connectivity index (χ0v) is 13.1. The van der Waals surface area contributed by atoms with Crippen molar-refractivity contribution >= 4 is 23.2 Å². The third-order valence-corrected chi connectivity index (χ3v) is 4.71. The minimum absolute atomic E-state index is 0.0793. The fraction of sp³-hybridized carbons (Fsp3) is 0.533. The second-order valence-corrected chi connectivity index (χ2v) is 6.54. The van der Waals surface area contributed by atoms with E-state index in [1.54, 1.807) is 12.3 Å². The van der Waals surface area contributed by atoms with E-state index in [1.165, 1.54) is 4.52 Å². The van der Waals surface area contributed by atoms with Crippen LogP contribution in [0.5, 0.6) is 0 Å². The number of nitrogens with two attached hydrogens (primary N) is 1. The van der Waals surface area contributed by atoms with E-state index < -0.39 is 17.6 Å². The summed E-state index contributed by atoms with van der Waals surface area (Å²) >= 11 is 0. The molecule has 1 aliphatic heterocycles. The Kier molecular flexibility index (Phi) is 3.34. The van der Waals surface area contributed by atoms with Gasteiger partial charge >= 0.3 is 0 Å². The first-order valence-electron chi connectivity index (χ1n) is 7.99. The Morgan fingerprint density at radius 2 is 2.33 bits per heavy atom. The number of alkyl halides is 1. The molecule has 0 spiro atoms. The first-order valence-corrected chi connectivity index (χ1v) is 7.99. The number of aromatic nitrogens is 3. The van der Waals surface area contributed by atoms with Crippen molar-refractivity contribution < 1.29 is 14.3 Å². The molecule has 4 N–H and O–H groups in total. The van der Waals surface area contributed by atoms with E-state index in [0.717, 1.165) is 12.8 Å². The second kappa shape index (κ2) is 5.30. The van der Waals surface area contributed by atoms with Crippen LogP contribution in [0.1, 0.15) is 29.6 Å². The molecule has 2 aliphatic rings. The first kappa shape index (κ1) is 15.1. The van der Waals surface area contributed by atoms with Crippen LogP contribution in [0.4, 0.5) is 16.0 Å².